The minimum absolute atomic E-state index is 0.00956. The minimum Gasteiger partial charge on any atom is -0.480 e. The monoisotopic (exact) mass is 966 g/mol. The lowest BCUT2D eigenvalue weighted by atomic mass is 9.96. The van der Waals surface area contributed by atoms with E-state index in [1.165, 1.54) is 11.8 Å². The van der Waals surface area contributed by atoms with E-state index in [1.807, 2.05) is 0 Å². The first-order chi connectivity index (χ1) is 31.1. The lowest BCUT2D eigenvalue weighted by molar-refractivity contribution is -0.143. The number of thiol groups is 2. The smallest absolute Gasteiger partial charge is 0.322 e. The molecule has 66 heavy (non-hydrogen) atoms. The number of nitrogens with two attached hydrogens (primary N) is 2. The highest BCUT2D eigenvalue weighted by atomic mass is 32.1. The van der Waals surface area contributed by atoms with Crippen molar-refractivity contribution in [2.75, 3.05) is 24.6 Å². The molecule has 11 atom stereocenters. The van der Waals surface area contributed by atoms with E-state index in [9.17, 15) is 53.1 Å². The summed E-state index contributed by atoms with van der Waals surface area (Å²) < 4.78 is 0. The van der Waals surface area contributed by atoms with Crippen molar-refractivity contribution in [1.82, 2.24) is 42.1 Å². The number of amides is 9. The summed E-state index contributed by atoms with van der Waals surface area (Å²) >= 11 is 8.28. The summed E-state index contributed by atoms with van der Waals surface area (Å²) in [4.78, 5) is 133. The van der Waals surface area contributed by atoms with E-state index >= 15 is 0 Å². The van der Waals surface area contributed by atoms with Crippen LogP contribution >= 0.6 is 25.3 Å². The van der Waals surface area contributed by atoms with Crippen molar-refractivity contribution in [3.8, 4) is 0 Å². The summed E-state index contributed by atoms with van der Waals surface area (Å²) in [6.45, 7) is 7.45. The number of aliphatic hydroxyl groups excluding tert-OH is 1. The Balaban J connectivity index is 2.28. The third-order valence-electron chi connectivity index (χ3n) is 11.2. The molecular formula is C42H66N10O12S2. The predicted molar refractivity (Wildman–Crippen MR) is 247 cm³/mol. The molecule has 24 heteroatoms. The van der Waals surface area contributed by atoms with Gasteiger partial charge in [0.2, 0.25) is 53.2 Å². The zero-order chi connectivity index (χ0) is 49.8. The van der Waals surface area contributed by atoms with Crippen LogP contribution in [0, 0.1) is 11.8 Å². The second-order valence-corrected chi connectivity index (χ2v) is 17.0. The van der Waals surface area contributed by atoms with Crippen molar-refractivity contribution >= 4 is 84.4 Å². The zero-order valence-corrected chi connectivity index (χ0v) is 39.6. The largest absolute Gasteiger partial charge is 0.480 e. The average Bonchev–Trinajstić information content (AvgIpc) is 3.78. The molecule has 0 spiro atoms. The number of carbonyl (C=O) groups excluding carboxylic acids is 9. The van der Waals surface area contributed by atoms with E-state index in [-0.39, 0.29) is 30.9 Å². The van der Waals surface area contributed by atoms with Crippen LogP contribution in [0.2, 0.25) is 0 Å². The Labute approximate surface area is 394 Å². The van der Waals surface area contributed by atoms with Gasteiger partial charge in [0.05, 0.1) is 18.6 Å². The van der Waals surface area contributed by atoms with Crippen LogP contribution in [0.5, 0.6) is 0 Å². The molecule has 0 aromatic heterocycles. The number of nitrogens with zero attached hydrogens (tertiary/aromatic N) is 1. The summed E-state index contributed by atoms with van der Waals surface area (Å²) in [6, 6.07) is -1.94. The Morgan fingerprint density at radius 3 is 1.77 bits per heavy atom. The van der Waals surface area contributed by atoms with Crippen LogP contribution in [0.4, 0.5) is 0 Å². The van der Waals surface area contributed by atoms with E-state index in [2.05, 4.69) is 62.5 Å². The summed E-state index contributed by atoms with van der Waals surface area (Å²) in [7, 11) is 0. The van der Waals surface area contributed by atoms with Gasteiger partial charge < -0.3 is 63.8 Å². The van der Waals surface area contributed by atoms with Crippen molar-refractivity contribution in [2.45, 2.75) is 128 Å². The van der Waals surface area contributed by atoms with Crippen LogP contribution in [-0.4, -0.2) is 153 Å². The van der Waals surface area contributed by atoms with Crippen molar-refractivity contribution in [1.29, 1.82) is 0 Å². The van der Waals surface area contributed by atoms with E-state index in [0.29, 0.717) is 24.8 Å². The van der Waals surface area contributed by atoms with Crippen LogP contribution in [0.1, 0.15) is 72.3 Å². The molecular weight excluding hydrogens is 901 g/mol. The Kier molecular flexibility index (Phi) is 23.9. The summed E-state index contributed by atoms with van der Waals surface area (Å²) in [5.41, 5.74) is 12.0. The molecule has 1 saturated heterocycles. The molecule has 1 aliphatic heterocycles. The second-order valence-electron chi connectivity index (χ2n) is 16.3. The first kappa shape index (κ1) is 56.7. The van der Waals surface area contributed by atoms with Crippen molar-refractivity contribution < 1.29 is 58.2 Å². The maximum atomic E-state index is 13.9. The highest BCUT2D eigenvalue weighted by Gasteiger charge is 2.41. The summed E-state index contributed by atoms with van der Waals surface area (Å²) in [5.74, 6) is -10.3. The topological polar surface area (TPSA) is 351 Å². The van der Waals surface area contributed by atoms with E-state index in [0.717, 1.165) is 0 Å². The van der Waals surface area contributed by atoms with Gasteiger partial charge in [0, 0.05) is 24.5 Å². The number of carbonyl (C=O) groups is 10. The fraction of sp³-hybridized carbons (Fsp3) is 0.619. The van der Waals surface area contributed by atoms with E-state index in [1.54, 1.807) is 58.0 Å². The lowest BCUT2D eigenvalue weighted by Gasteiger charge is -2.31. The molecule has 0 radical (unpaired) electrons. The molecule has 0 saturated carbocycles. The first-order valence-electron chi connectivity index (χ1n) is 21.7. The Hall–Kier alpha value is -5.46. The molecule has 22 nitrogen and oxygen atoms in total. The van der Waals surface area contributed by atoms with Gasteiger partial charge in [0.15, 0.2) is 0 Å². The molecule has 1 aliphatic rings. The van der Waals surface area contributed by atoms with Crippen LogP contribution < -0.4 is 48.7 Å². The van der Waals surface area contributed by atoms with Gasteiger partial charge in [0.25, 0.3) is 0 Å². The molecule has 11 unspecified atom stereocenters. The number of primary amides is 1. The standard InChI is InChI=1S/C42H66N10O12S2/c1-6-21(3)32(39(61)45-18-31(55)56)50-38(60)29-14-11-15-52(29)42(64)28(20-66)48-36(58)27(17-30(44)54)47-41(63)34(23(5)53)51-40(62)33(22(4)7-2)49-37(59)26(46-35(57)25(43)19-65)16-24-12-9-8-10-13-24/h8-10,12-13,21-23,25-29,32-34,53,65-66H,6-7,11,14-20,43H2,1-5H3,(H2,44,54)(H,45,61)(H,46,57)(H,47,63)(H,48,58)(H,49,59)(H,50,60)(H,51,62)(H,55,56). The maximum Gasteiger partial charge on any atom is 0.322 e. The summed E-state index contributed by atoms with van der Waals surface area (Å²) in [5, 5.41) is 37.0. The van der Waals surface area contributed by atoms with Crippen molar-refractivity contribution in [2.24, 2.45) is 23.3 Å². The zero-order valence-electron chi connectivity index (χ0n) is 37.8. The maximum absolute atomic E-state index is 13.9. The quantitative estimate of drug-likeness (QED) is 0.0389. The van der Waals surface area contributed by atoms with Crippen LogP contribution in [0.25, 0.3) is 0 Å². The highest BCUT2D eigenvalue weighted by Crippen LogP contribution is 2.21. The predicted octanol–water partition coefficient (Wildman–Crippen LogP) is -3.14. The van der Waals surface area contributed by atoms with Gasteiger partial charge in [0.1, 0.15) is 48.8 Å². The molecule has 1 aromatic carbocycles. The van der Waals surface area contributed by atoms with Gasteiger partial charge in [-0.3, -0.25) is 47.9 Å². The van der Waals surface area contributed by atoms with E-state index in [4.69, 9.17) is 16.6 Å². The lowest BCUT2D eigenvalue weighted by Crippen LogP contribution is -2.63. The van der Waals surface area contributed by atoms with Crippen molar-refractivity contribution in [3.05, 3.63) is 35.9 Å². The SMILES string of the molecule is CCC(C)C(NC(=O)C(Cc1ccccc1)NC(=O)C(N)CS)C(=O)NC(C(=O)NC(CC(N)=O)C(=O)NC(CS)C(=O)N1CCCC1C(=O)NC(C(=O)NCC(=O)O)C(C)CC)C(C)O. The van der Waals surface area contributed by atoms with Crippen LogP contribution in [0.3, 0.4) is 0 Å². The number of hydrogen-bond donors (Lipinski definition) is 13. The van der Waals surface area contributed by atoms with Crippen LogP contribution in [0.15, 0.2) is 30.3 Å². The Bertz CT molecular complexity index is 1880. The minimum atomic E-state index is -1.77. The Morgan fingerprint density at radius 2 is 1.24 bits per heavy atom. The fourth-order valence-electron chi connectivity index (χ4n) is 6.88. The fourth-order valence-corrected chi connectivity index (χ4v) is 7.30. The highest BCUT2D eigenvalue weighted by molar-refractivity contribution is 7.80. The number of nitrogens with one attached hydrogen (secondary N) is 7. The molecule has 13 N–H and O–H groups in total. The molecule has 368 valence electrons. The number of benzene rings is 1. The molecule has 9 amide bonds. The molecule has 0 bridgehead atoms. The number of hydrogen-bond acceptors (Lipinski definition) is 14. The number of rotatable bonds is 27. The van der Waals surface area contributed by atoms with Gasteiger partial charge >= 0.3 is 5.97 Å². The normalized spacial score (nSPS) is 18.0. The molecule has 2 rings (SSSR count). The van der Waals surface area contributed by atoms with E-state index < -0.39 is 138 Å². The van der Waals surface area contributed by atoms with Gasteiger partial charge in [-0.15, -0.1) is 0 Å². The third kappa shape index (κ3) is 17.4. The van der Waals surface area contributed by atoms with Gasteiger partial charge in [-0.05, 0) is 37.2 Å². The number of likely N-dealkylation sites (tertiary alicyclic amines) is 1. The van der Waals surface area contributed by atoms with Gasteiger partial charge in [-0.25, -0.2) is 0 Å². The average molecular weight is 967 g/mol. The van der Waals surface area contributed by atoms with Gasteiger partial charge in [-0.2, -0.15) is 25.3 Å². The number of carboxylic acids is 1. The second kappa shape index (κ2) is 27.9. The Morgan fingerprint density at radius 1 is 0.712 bits per heavy atom. The third-order valence-corrected chi connectivity index (χ3v) is 11.9. The molecule has 1 heterocycles. The van der Waals surface area contributed by atoms with Crippen molar-refractivity contribution in [3.63, 3.8) is 0 Å². The van der Waals surface area contributed by atoms with Gasteiger partial charge in [-0.1, -0.05) is 70.9 Å². The molecule has 1 aromatic rings. The first-order valence-corrected chi connectivity index (χ1v) is 23.0. The molecule has 0 aliphatic carbocycles. The number of carboxylic acid groups (broad SMARTS) is 1. The number of aliphatic hydroxyl groups is 1. The number of aliphatic carboxylic acids is 1. The van der Waals surface area contributed by atoms with Crippen LogP contribution in [-0.2, 0) is 54.4 Å². The molecule has 1 fully saturated rings. The summed E-state index contributed by atoms with van der Waals surface area (Å²) in [6.07, 6.45) is -1.01.